The molecule has 0 atom stereocenters. The van der Waals surface area contributed by atoms with Gasteiger partial charge >= 0.3 is 0 Å². The van der Waals surface area contributed by atoms with E-state index in [1.165, 1.54) is 5.69 Å². The van der Waals surface area contributed by atoms with Crippen LogP contribution in [0.3, 0.4) is 0 Å². The molecule has 0 fully saturated rings. The zero-order valence-electron chi connectivity index (χ0n) is 5.70. The second kappa shape index (κ2) is 2.18. The smallest absolute Gasteiger partial charge is 0.0423 e. The molecule has 1 heterocycles. The lowest BCUT2D eigenvalue weighted by atomic mass is 10.2. The van der Waals surface area contributed by atoms with Crippen molar-refractivity contribution in [3.63, 3.8) is 0 Å². The largest absolute Gasteiger partial charge is 0.344 e. The minimum atomic E-state index is 1.06. The van der Waals surface area contributed by atoms with Gasteiger partial charge in [0.25, 0.3) is 0 Å². The molecule has 10 heavy (non-hydrogen) atoms. The summed E-state index contributed by atoms with van der Waals surface area (Å²) in [6.07, 6.45) is 4.24. The zero-order valence-corrected chi connectivity index (χ0v) is 5.70. The van der Waals surface area contributed by atoms with Crippen molar-refractivity contribution in [3.8, 4) is 0 Å². The van der Waals surface area contributed by atoms with Gasteiger partial charge < -0.3 is 4.90 Å². The maximum atomic E-state index is 2.21. The number of nitrogens with zero attached hydrogens (tertiary/aromatic N) is 1. The van der Waals surface area contributed by atoms with Gasteiger partial charge in [-0.05, 0) is 18.2 Å². The molecule has 0 saturated carbocycles. The third-order valence-electron chi connectivity index (χ3n) is 1.68. The lowest BCUT2D eigenvalue weighted by Crippen LogP contribution is -2.23. The quantitative estimate of drug-likeness (QED) is 0.563. The number of rotatable bonds is 1. The van der Waals surface area contributed by atoms with Gasteiger partial charge in [-0.3, -0.25) is 0 Å². The summed E-state index contributed by atoms with van der Waals surface area (Å²) < 4.78 is 0. The zero-order chi connectivity index (χ0) is 6.81. The topological polar surface area (TPSA) is 3.24 Å². The molecule has 1 aliphatic rings. The van der Waals surface area contributed by atoms with Crippen LogP contribution in [0.15, 0.2) is 42.6 Å². The van der Waals surface area contributed by atoms with Gasteiger partial charge in [-0.1, -0.05) is 18.2 Å². The molecule has 1 aliphatic heterocycles. The van der Waals surface area contributed by atoms with Gasteiger partial charge in [0.15, 0.2) is 0 Å². The van der Waals surface area contributed by atoms with Crippen molar-refractivity contribution in [2.24, 2.45) is 0 Å². The van der Waals surface area contributed by atoms with E-state index < -0.39 is 0 Å². The molecule has 50 valence electrons. The van der Waals surface area contributed by atoms with Crippen LogP contribution < -0.4 is 4.90 Å². The second-order valence-corrected chi connectivity index (χ2v) is 2.37. The fraction of sp³-hybridized carbons (Fsp3) is 0.111. The normalized spacial score (nSPS) is 15.0. The van der Waals surface area contributed by atoms with Crippen molar-refractivity contribution in [2.45, 2.75) is 0 Å². The second-order valence-electron chi connectivity index (χ2n) is 2.37. The highest BCUT2D eigenvalue weighted by molar-refractivity contribution is 5.52. The van der Waals surface area contributed by atoms with E-state index in [4.69, 9.17) is 0 Å². The Morgan fingerprint density at radius 2 is 1.80 bits per heavy atom. The summed E-state index contributed by atoms with van der Waals surface area (Å²) >= 11 is 0. The third-order valence-corrected chi connectivity index (χ3v) is 1.68. The van der Waals surface area contributed by atoms with Crippen LogP contribution >= 0.6 is 0 Å². The molecule has 1 heteroatoms. The average molecular weight is 131 g/mol. The van der Waals surface area contributed by atoms with Crippen LogP contribution in [-0.2, 0) is 0 Å². The van der Waals surface area contributed by atoms with Gasteiger partial charge in [0.05, 0.1) is 0 Å². The van der Waals surface area contributed by atoms with Crippen LogP contribution in [0.4, 0.5) is 5.69 Å². The fourth-order valence-electron chi connectivity index (χ4n) is 1.02. The lowest BCUT2D eigenvalue weighted by molar-refractivity contribution is 1.01. The molecule has 0 bridgehead atoms. The summed E-state index contributed by atoms with van der Waals surface area (Å²) in [5.74, 6) is 0. The van der Waals surface area contributed by atoms with Gasteiger partial charge in [0, 0.05) is 18.4 Å². The van der Waals surface area contributed by atoms with Gasteiger partial charge in [0.1, 0.15) is 0 Å². The Bertz CT molecular complexity index is 238. The number of para-hydroxylation sites is 1. The van der Waals surface area contributed by atoms with E-state index in [9.17, 15) is 0 Å². The van der Waals surface area contributed by atoms with E-state index in [2.05, 4.69) is 41.4 Å². The first-order chi connectivity index (χ1) is 4.97. The van der Waals surface area contributed by atoms with E-state index >= 15 is 0 Å². The van der Waals surface area contributed by atoms with Gasteiger partial charge in [0.2, 0.25) is 0 Å². The maximum absolute atomic E-state index is 2.21. The van der Waals surface area contributed by atoms with Crippen molar-refractivity contribution in [1.29, 1.82) is 0 Å². The summed E-state index contributed by atoms with van der Waals surface area (Å²) in [5, 5.41) is 0. The van der Waals surface area contributed by atoms with E-state index in [1.807, 2.05) is 6.07 Å². The fourth-order valence-corrected chi connectivity index (χ4v) is 1.02. The SMILES string of the molecule is C1=CN(c2ccccc2)C1. The molecule has 1 aromatic carbocycles. The molecule has 0 saturated heterocycles. The van der Waals surface area contributed by atoms with E-state index in [0.717, 1.165) is 6.54 Å². The molecule has 0 radical (unpaired) electrons. The molecule has 0 aliphatic carbocycles. The molecule has 0 N–H and O–H groups in total. The molecule has 0 spiro atoms. The predicted octanol–water partition coefficient (Wildman–Crippen LogP) is 2.02. The van der Waals surface area contributed by atoms with Crippen molar-refractivity contribution in [2.75, 3.05) is 11.4 Å². The highest BCUT2D eigenvalue weighted by atomic mass is 15.1. The van der Waals surface area contributed by atoms with Crippen LogP contribution in [0.2, 0.25) is 0 Å². The summed E-state index contributed by atoms with van der Waals surface area (Å²) in [7, 11) is 0. The van der Waals surface area contributed by atoms with Crippen molar-refractivity contribution < 1.29 is 0 Å². The first-order valence-corrected chi connectivity index (χ1v) is 3.45. The molecule has 0 unspecified atom stereocenters. The van der Waals surface area contributed by atoms with Crippen molar-refractivity contribution in [1.82, 2.24) is 0 Å². The molecular formula is C9H9N. The monoisotopic (exact) mass is 131 g/mol. The molecule has 1 aromatic rings. The minimum Gasteiger partial charge on any atom is -0.344 e. The van der Waals surface area contributed by atoms with Crippen LogP contribution in [0.1, 0.15) is 0 Å². The van der Waals surface area contributed by atoms with Gasteiger partial charge in [-0.15, -0.1) is 0 Å². The highest BCUT2D eigenvalue weighted by Gasteiger charge is 2.04. The number of hydrogen-bond acceptors (Lipinski definition) is 1. The van der Waals surface area contributed by atoms with E-state index in [0.29, 0.717) is 0 Å². The van der Waals surface area contributed by atoms with E-state index in [1.54, 1.807) is 0 Å². The van der Waals surface area contributed by atoms with Crippen LogP contribution in [0, 0.1) is 0 Å². The Labute approximate surface area is 60.6 Å². The molecule has 1 nitrogen and oxygen atoms in total. The van der Waals surface area contributed by atoms with Gasteiger partial charge in [-0.2, -0.15) is 0 Å². The number of benzene rings is 1. The summed E-state index contributed by atoms with van der Waals surface area (Å²) in [6, 6.07) is 10.4. The van der Waals surface area contributed by atoms with Crippen molar-refractivity contribution in [3.05, 3.63) is 42.6 Å². The Morgan fingerprint density at radius 3 is 2.30 bits per heavy atom. The van der Waals surface area contributed by atoms with Crippen LogP contribution in [0.5, 0.6) is 0 Å². The van der Waals surface area contributed by atoms with Crippen LogP contribution in [-0.4, -0.2) is 6.54 Å². The standard InChI is InChI=1S/C9H9N/c1-2-5-9(6-3-1)10-7-4-8-10/h1-7H,8H2. The first kappa shape index (κ1) is 5.54. The number of anilines is 1. The Hall–Kier alpha value is -1.24. The minimum absolute atomic E-state index is 1.06. The number of hydrogen-bond donors (Lipinski definition) is 0. The molecule has 0 aromatic heterocycles. The summed E-state index contributed by atoms with van der Waals surface area (Å²) in [6.45, 7) is 1.06. The molecule has 0 amide bonds. The van der Waals surface area contributed by atoms with Gasteiger partial charge in [-0.25, -0.2) is 0 Å². The Morgan fingerprint density at radius 1 is 1.10 bits per heavy atom. The van der Waals surface area contributed by atoms with Crippen molar-refractivity contribution >= 4 is 5.69 Å². The van der Waals surface area contributed by atoms with E-state index in [-0.39, 0.29) is 0 Å². The maximum Gasteiger partial charge on any atom is 0.0423 e. The summed E-state index contributed by atoms with van der Waals surface area (Å²) in [4.78, 5) is 2.21. The third kappa shape index (κ3) is 0.798. The summed E-state index contributed by atoms with van der Waals surface area (Å²) in [5.41, 5.74) is 1.28. The average Bonchev–Trinajstić information content (AvgIpc) is 1.86. The molecular weight excluding hydrogens is 122 g/mol. The highest BCUT2D eigenvalue weighted by Crippen LogP contribution is 2.17. The predicted molar refractivity (Wildman–Crippen MR) is 42.9 cm³/mol. The first-order valence-electron chi connectivity index (χ1n) is 3.45. The lowest BCUT2D eigenvalue weighted by Gasteiger charge is -2.24. The Balaban J connectivity index is 2.26. The Kier molecular flexibility index (Phi) is 1.21. The van der Waals surface area contributed by atoms with Crippen LogP contribution in [0.25, 0.3) is 0 Å². The molecule has 2 rings (SSSR count).